The Balaban J connectivity index is 2.03. The van der Waals surface area contributed by atoms with E-state index in [2.05, 4.69) is 24.1 Å². The molecule has 1 aromatic rings. The average molecular weight is 290 g/mol. The van der Waals surface area contributed by atoms with Crippen LogP contribution in [-0.4, -0.2) is 43.2 Å². The molecule has 2 unspecified atom stereocenters. The molecule has 1 fully saturated rings. The normalized spacial score (nSPS) is 23.0. The van der Waals surface area contributed by atoms with Crippen LogP contribution in [0.2, 0.25) is 0 Å². The predicted molar refractivity (Wildman–Crippen MR) is 84.4 cm³/mol. The molecule has 1 heterocycles. The van der Waals surface area contributed by atoms with Crippen LogP contribution in [0.3, 0.4) is 0 Å². The van der Waals surface area contributed by atoms with Crippen molar-refractivity contribution in [1.29, 1.82) is 0 Å². The van der Waals surface area contributed by atoms with Gasteiger partial charge in [0.25, 0.3) is 0 Å². The second kappa shape index (κ2) is 7.57. The van der Waals surface area contributed by atoms with Gasteiger partial charge in [-0.2, -0.15) is 0 Å². The van der Waals surface area contributed by atoms with Crippen LogP contribution in [0.1, 0.15) is 42.6 Å². The number of piperazine rings is 1. The van der Waals surface area contributed by atoms with Crippen molar-refractivity contribution in [3.8, 4) is 0 Å². The highest BCUT2D eigenvalue weighted by Crippen LogP contribution is 2.16. The Morgan fingerprint density at radius 1 is 1.29 bits per heavy atom. The molecule has 116 valence electrons. The third kappa shape index (κ3) is 4.05. The number of methoxy groups -OCH3 is 1. The number of hydrogen-bond donors (Lipinski definition) is 1. The first-order chi connectivity index (χ1) is 10.2. The predicted octanol–water partition coefficient (Wildman–Crippen LogP) is 2.44. The van der Waals surface area contributed by atoms with Gasteiger partial charge in [-0.3, -0.25) is 4.90 Å². The largest absolute Gasteiger partial charge is 0.465 e. The summed E-state index contributed by atoms with van der Waals surface area (Å²) in [6, 6.07) is 8.93. The smallest absolute Gasteiger partial charge is 0.337 e. The van der Waals surface area contributed by atoms with Gasteiger partial charge in [0.2, 0.25) is 0 Å². The number of esters is 1. The van der Waals surface area contributed by atoms with Crippen LogP contribution in [0.15, 0.2) is 24.3 Å². The van der Waals surface area contributed by atoms with Gasteiger partial charge in [0.15, 0.2) is 0 Å². The van der Waals surface area contributed by atoms with Gasteiger partial charge < -0.3 is 10.1 Å². The molecular formula is C17H26N2O2. The van der Waals surface area contributed by atoms with E-state index in [-0.39, 0.29) is 5.97 Å². The topological polar surface area (TPSA) is 41.6 Å². The van der Waals surface area contributed by atoms with Gasteiger partial charge in [0, 0.05) is 31.7 Å². The Morgan fingerprint density at radius 3 is 2.57 bits per heavy atom. The maximum Gasteiger partial charge on any atom is 0.337 e. The van der Waals surface area contributed by atoms with Gasteiger partial charge in [-0.25, -0.2) is 4.79 Å². The Hall–Kier alpha value is -1.39. The van der Waals surface area contributed by atoms with Gasteiger partial charge in [-0.15, -0.1) is 0 Å². The fourth-order valence-corrected chi connectivity index (χ4v) is 2.90. The molecule has 0 aliphatic carbocycles. The van der Waals surface area contributed by atoms with E-state index in [9.17, 15) is 4.79 Å². The first-order valence-electron chi connectivity index (χ1n) is 7.82. The van der Waals surface area contributed by atoms with Gasteiger partial charge in [-0.05, 0) is 30.5 Å². The molecule has 1 N–H and O–H groups in total. The van der Waals surface area contributed by atoms with E-state index in [0.717, 1.165) is 32.5 Å². The quantitative estimate of drug-likeness (QED) is 0.846. The number of nitrogens with one attached hydrogen (secondary N) is 1. The number of nitrogens with zero attached hydrogens (tertiary/aromatic N) is 1. The van der Waals surface area contributed by atoms with Crippen molar-refractivity contribution in [3.63, 3.8) is 0 Å². The molecule has 4 nitrogen and oxygen atoms in total. The van der Waals surface area contributed by atoms with Gasteiger partial charge in [0.1, 0.15) is 0 Å². The standard InChI is InChI=1S/C17H26N2O2/c1-4-15-12-19(16(5-2)10-18-15)11-13-6-8-14(9-7-13)17(20)21-3/h6-9,15-16,18H,4-5,10-12H2,1-3H3. The molecule has 1 saturated heterocycles. The van der Waals surface area contributed by atoms with Crippen molar-refractivity contribution in [1.82, 2.24) is 10.2 Å². The molecule has 21 heavy (non-hydrogen) atoms. The average Bonchev–Trinajstić information content (AvgIpc) is 2.54. The molecule has 4 heteroatoms. The second-order valence-electron chi connectivity index (χ2n) is 5.69. The zero-order valence-electron chi connectivity index (χ0n) is 13.3. The monoisotopic (exact) mass is 290 g/mol. The van der Waals surface area contributed by atoms with Crippen LogP contribution < -0.4 is 5.32 Å². The number of ether oxygens (including phenoxy) is 1. The Morgan fingerprint density at radius 2 is 2.00 bits per heavy atom. The summed E-state index contributed by atoms with van der Waals surface area (Å²) in [5.74, 6) is -0.277. The summed E-state index contributed by atoms with van der Waals surface area (Å²) in [7, 11) is 1.41. The van der Waals surface area contributed by atoms with Crippen molar-refractivity contribution < 1.29 is 9.53 Å². The minimum absolute atomic E-state index is 0.277. The Bertz CT molecular complexity index is 458. The molecule has 0 saturated carbocycles. The van der Waals surface area contributed by atoms with E-state index in [0.29, 0.717) is 17.6 Å². The van der Waals surface area contributed by atoms with Crippen LogP contribution in [-0.2, 0) is 11.3 Å². The number of carbonyl (C=O) groups excluding carboxylic acids is 1. The van der Waals surface area contributed by atoms with Crippen LogP contribution in [0, 0.1) is 0 Å². The molecule has 1 aromatic carbocycles. The zero-order chi connectivity index (χ0) is 15.2. The molecule has 0 spiro atoms. The third-order valence-corrected chi connectivity index (χ3v) is 4.34. The van der Waals surface area contributed by atoms with Gasteiger partial charge in [0.05, 0.1) is 12.7 Å². The second-order valence-corrected chi connectivity index (χ2v) is 5.69. The number of benzene rings is 1. The Labute approximate surface area is 127 Å². The zero-order valence-corrected chi connectivity index (χ0v) is 13.3. The highest BCUT2D eigenvalue weighted by atomic mass is 16.5. The molecule has 0 aromatic heterocycles. The van der Waals surface area contributed by atoms with Crippen molar-refractivity contribution in [3.05, 3.63) is 35.4 Å². The van der Waals surface area contributed by atoms with Gasteiger partial charge in [-0.1, -0.05) is 26.0 Å². The number of carbonyl (C=O) groups is 1. The highest BCUT2D eigenvalue weighted by molar-refractivity contribution is 5.89. The molecule has 1 aliphatic rings. The van der Waals surface area contributed by atoms with Crippen LogP contribution in [0.25, 0.3) is 0 Å². The lowest BCUT2D eigenvalue weighted by molar-refractivity contribution is 0.0600. The molecule has 2 rings (SSSR count). The summed E-state index contributed by atoms with van der Waals surface area (Å²) in [5, 5.41) is 3.61. The third-order valence-electron chi connectivity index (χ3n) is 4.34. The highest BCUT2D eigenvalue weighted by Gasteiger charge is 2.25. The molecule has 0 bridgehead atoms. The lowest BCUT2D eigenvalue weighted by atomic mass is 10.0. The summed E-state index contributed by atoms with van der Waals surface area (Å²) in [6.45, 7) is 7.57. The maximum absolute atomic E-state index is 11.5. The van der Waals surface area contributed by atoms with Crippen LogP contribution >= 0.6 is 0 Å². The summed E-state index contributed by atoms with van der Waals surface area (Å²) < 4.78 is 4.73. The fraction of sp³-hybridized carbons (Fsp3) is 0.588. The van der Waals surface area contributed by atoms with Crippen LogP contribution in [0.4, 0.5) is 0 Å². The van der Waals surface area contributed by atoms with E-state index in [1.165, 1.54) is 12.7 Å². The van der Waals surface area contributed by atoms with Crippen molar-refractivity contribution in [2.45, 2.75) is 45.3 Å². The van der Waals surface area contributed by atoms with Crippen molar-refractivity contribution >= 4 is 5.97 Å². The number of hydrogen-bond acceptors (Lipinski definition) is 4. The molecular weight excluding hydrogens is 264 g/mol. The first-order valence-corrected chi connectivity index (χ1v) is 7.82. The molecule has 0 amide bonds. The minimum Gasteiger partial charge on any atom is -0.465 e. The van der Waals surface area contributed by atoms with Gasteiger partial charge >= 0.3 is 5.97 Å². The van der Waals surface area contributed by atoms with Crippen LogP contribution in [0.5, 0.6) is 0 Å². The number of rotatable bonds is 5. The van der Waals surface area contributed by atoms with E-state index in [4.69, 9.17) is 4.74 Å². The minimum atomic E-state index is -0.277. The van der Waals surface area contributed by atoms with Crippen molar-refractivity contribution in [2.24, 2.45) is 0 Å². The van der Waals surface area contributed by atoms with E-state index >= 15 is 0 Å². The summed E-state index contributed by atoms with van der Waals surface area (Å²) in [6.07, 6.45) is 2.32. The van der Waals surface area contributed by atoms with Crippen molar-refractivity contribution in [2.75, 3.05) is 20.2 Å². The SMILES string of the molecule is CCC1CN(Cc2ccc(C(=O)OC)cc2)C(CC)CN1. The maximum atomic E-state index is 11.5. The lowest BCUT2D eigenvalue weighted by Crippen LogP contribution is -2.55. The molecule has 1 aliphatic heterocycles. The summed E-state index contributed by atoms with van der Waals surface area (Å²) in [5.41, 5.74) is 1.86. The molecule has 0 radical (unpaired) electrons. The molecule has 2 atom stereocenters. The fourth-order valence-electron chi connectivity index (χ4n) is 2.90. The summed E-state index contributed by atoms with van der Waals surface area (Å²) in [4.78, 5) is 14.0. The summed E-state index contributed by atoms with van der Waals surface area (Å²) >= 11 is 0. The Kier molecular flexibility index (Phi) is 5.76. The van der Waals surface area contributed by atoms with E-state index in [1.807, 2.05) is 24.3 Å². The first kappa shape index (κ1) is 16.0. The van der Waals surface area contributed by atoms with E-state index in [1.54, 1.807) is 0 Å². The lowest BCUT2D eigenvalue weighted by Gasteiger charge is -2.40. The van der Waals surface area contributed by atoms with E-state index < -0.39 is 0 Å².